The fourth-order valence-electron chi connectivity index (χ4n) is 2.13. The molecule has 1 aliphatic rings. The standard InChI is InChI=1S/C14H17N3O6S/c1-15-14(20)16-12(18)9-23-13(19)10-3-5-11(6-4-10)17-7-2-8-24(17,21)22/h3-6H,2,7-9H2,1H3,(H2,15,16,18,20). The number of nitrogens with zero attached hydrogens (tertiary/aromatic N) is 1. The second kappa shape index (κ2) is 7.30. The third kappa shape index (κ3) is 4.22. The van der Waals surface area contributed by atoms with Crippen LogP contribution in [0.3, 0.4) is 0 Å². The van der Waals surface area contributed by atoms with Gasteiger partial charge in [0.2, 0.25) is 10.0 Å². The van der Waals surface area contributed by atoms with Gasteiger partial charge in [0.05, 0.1) is 17.0 Å². The van der Waals surface area contributed by atoms with Crippen LogP contribution in [-0.4, -0.2) is 52.3 Å². The molecule has 1 aromatic rings. The Hall–Kier alpha value is -2.62. The lowest BCUT2D eigenvalue weighted by atomic mass is 10.2. The number of ether oxygens (including phenoxy) is 1. The SMILES string of the molecule is CNC(=O)NC(=O)COC(=O)c1ccc(N2CCCS2(=O)=O)cc1. The maximum atomic E-state index is 11.8. The first kappa shape index (κ1) is 17.7. The molecule has 0 unspecified atom stereocenters. The maximum absolute atomic E-state index is 11.8. The molecule has 0 radical (unpaired) electrons. The summed E-state index contributed by atoms with van der Waals surface area (Å²) in [6, 6.07) is 5.14. The average molecular weight is 355 g/mol. The van der Waals surface area contributed by atoms with E-state index >= 15 is 0 Å². The molecule has 0 aromatic heterocycles. The van der Waals surface area contributed by atoms with E-state index in [-0.39, 0.29) is 11.3 Å². The zero-order valence-corrected chi connectivity index (χ0v) is 13.8. The van der Waals surface area contributed by atoms with Crippen molar-refractivity contribution in [1.29, 1.82) is 0 Å². The lowest BCUT2D eigenvalue weighted by Gasteiger charge is -2.16. The van der Waals surface area contributed by atoms with Gasteiger partial charge in [-0.1, -0.05) is 0 Å². The van der Waals surface area contributed by atoms with Gasteiger partial charge in [-0.3, -0.25) is 14.4 Å². The Balaban J connectivity index is 1.94. The number of esters is 1. The summed E-state index contributed by atoms with van der Waals surface area (Å²) in [5, 5.41) is 4.14. The lowest BCUT2D eigenvalue weighted by molar-refractivity contribution is -0.123. The molecule has 130 valence electrons. The molecule has 10 heteroatoms. The van der Waals surface area contributed by atoms with Crippen LogP contribution in [0.25, 0.3) is 0 Å². The molecule has 1 saturated heterocycles. The van der Waals surface area contributed by atoms with Crippen molar-refractivity contribution >= 4 is 33.6 Å². The van der Waals surface area contributed by atoms with E-state index in [0.717, 1.165) is 0 Å². The molecule has 0 atom stereocenters. The van der Waals surface area contributed by atoms with E-state index in [0.29, 0.717) is 18.7 Å². The molecule has 24 heavy (non-hydrogen) atoms. The number of nitrogens with one attached hydrogen (secondary N) is 2. The van der Waals surface area contributed by atoms with Crippen LogP contribution in [0.5, 0.6) is 0 Å². The number of sulfonamides is 1. The summed E-state index contributed by atoms with van der Waals surface area (Å²) in [4.78, 5) is 34.1. The summed E-state index contributed by atoms with van der Waals surface area (Å²) in [5.74, 6) is -1.41. The normalized spacial score (nSPS) is 15.6. The topological polar surface area (TPSA) is 122 Å². The first-order chi connectivity index (χ1) is 11.3. The van der Waals surface area contributed by atoms with Gasteiger partial charge in [0.15, 0.2) is 6.61 Å². The molecular weight excluding hydrogens is 338 g/mol. The highest BCUT2D eigenvalue weighted by Crippen LogP contribution is 2.24. The number of benzene rings is 1. The van der Waals surface area contributed by atoms with E-state index in [9.17, 15) is 22.8 Å². The van der Waals surface area contributed by atoms with Gasteiger partial charge >= 0.3 is 12.0 Å². The molecule has 1 fully saturated rings. The van der Waals surface area contributed by atoms with E-state index in [1.165, 1.54) is 35.6 Å². The predicted molar refractivity (Wildman–Crippen MR) is 85.1 cm³/mol. The van der Waals surface area contributed by atoms with Crippen LogP contribution in [0.15, 0.2) is 24.3 Å². The summed E-state index contributed by atoms with van der Waals surface area (Å²) in [5.41, 5.74) is 0.643. The van der Waals surface area contributed by atoms with Gasteiger partial charge in [-0.15, -0.1) is 0 Å². The molecule has 0 spiro atoms. The van der Waals surface area contributed by atoms with Crippen LogP contribution in [-0.2, 0) is 19.6 Å². The zero-order valence-electron chi connectivity index (χ0n) is 12.9. The summed E-state index contributed by atoms with van der Waals surface area (Å²) < 4.78 is 29.7. The molecule has 2 rings (SSSR count). The van der Waals surface area contributed by atoms with Crippen molar-refractivity contribution in [2.24, 2.45) is 0 Å². The summed E-state index contributed by atoms with van der Waals surface area (Å²) >= 11 is 0. The van der Waals surface area contributed by atoms with Crippen molar-refractivity contribution in [3.63, 3.8) is 0 Å². The highest BCUT2D eigenvalue weighted by molar-refractivity contribution is 7.93. The molecule has 1 aromatic carbocycles. The maximum Gasteiger partial charge on any atom is 0.338 e. The summed E-state index contributed by atoms with van der Waals surface area (Å²) in [6.07, 6.45) is 0.562. The summed E-state index contributed by atoms with van der Waals surface area (Å²) in [7, 11) is -1.94. The number of carbonyl (C=O) groups excluding carboxylic acids is 3. The van der Waals surface area contributed by atoms with Crippen LogP contribution in [0.1, 0.15) is 16.8 Å². The van der Waals surface area contributed by atoms with E-state index in [1.807, 2.05) is 5.32 Å². The average Bonchev–Trinajstić information content (AvgIpc) is 2.91. The number of amides is 3. The molecule has 1 aliphatic heterocycles. The quantitative estimate of drug-likeness (QED) is 0.724. The Morgan fingerprint density at radius 2 is 1.88 bits per heavy atom. The molecule has 2 N–H and O–H groups in total. The van der Waals surface area contributed by atoms with Gasteiger partial charge in [-0.25, -0.2) is 18.0 Å². The van der Waals surface area contributed by atoms with E-state index in [2.05, 4.69) is 5.32 Å². The first-order valence-corrected chi connectivity index (χ1v) is 8.73. The van der Waals surface area contributed by atoms with E-state index in [1.54, 1.807) is 0 Å². The molecule has 9 nitrogen and oxygen atoms in total. The third-order valence-electron chi connectivity index (χ3n) is 3.30. The van der Waals surface area contributed by atoms with Crippen molar-refractivity contribution in [3.8, 4) is 0 Å². The van der Waals surface area contributed by atoms with Crippen molar-refractivity contribution in [2.75, 3.05) is 30.3 Å². The number of hydrogen-bond acceptors (Lipinski definition) is 6. The van der Waals surface area contributed by atoms with E-state index < -0.39 is 34.5 Å². The first-order valence-electron chi connectivity index (χ1n) is 7.12. The number of rotatable bonds is 4. The number of urea groups is 1. The van der Waals surface area contributed by atoms with Crippen molar-refractivity contribution in [1.82, 2.24) is 10.6 Å². The molecule has 1 heterocycles. The number of imide groups is 1. The monoisotopic (exact) mass is 355 g/mol. The molecule has 0 aliphatic carbocycles. The molecule has 0 saturated carbocycles. The second-order valence-corrected chi connectivity index (χ2v) is 7.00. The summed E-state index contributed by atoms with van der Waals surface area (Å²) in [6.45, 7) is -0.194. The smallest absolute Gasteiger partial charge is 0.338 e. The minimum Gasteiger partial charge on any atom is -0.452 e. The highest BCUT2D eigenvalue weighted by Gasteiger charge is 2.28. The van der Waals surface area contributed by atoms with Gasteiger partial charge in [0, 0.05) is 13.6 Å². The minimum atomic E-state index is -3.28. The van der Waals surface area contributed by atoms with E-state index in [4.69, 9.17) is 4.74 Å². The molecular formula is C14H17N3O6S. The van der Waals surface area contributed by atoms with Gasteiger partial charge < -0.3 is 10.1 Å². The van der Waals surface area contributed by atoms with Crippen molar-refractivity contribution in [3.05, 3.63) is 29.8 Å². The molecule has 0 bridgehead atoms. The van der Waals surface area contributed by atoms with Crippen molar-refractivity contribution < 1.29 is 27.5 Å². The molecule has 3 amide bonds. The Kier molecular flexibility index (Phi) is 5.39. The Bertz CT molecular complexity index is 744. The number of hydrogen-bond donors (Lipinski definition) is 2. The van der Waals surface area contributed by atoms with Crippen molar-refractivity contribution in [2.45, 2.75) is 6.42 Å². The van der Waals surface area contributed by atoms with Gasteiger partial charge in [0.25, 0.3) is 5.91 Å². The Morgan fingerprint density at radius 1 is 1.21 bits per heavy atom. The number of anilines is 1. The fraction of sp³-hybridized carbons (Fsp3) is 0.357. The van der Waals surface area contributed by atoms with Crippen LogP contribution in [0.4, 0.5) is 10.5 Å². The van der Waals surface area contributed by atoms with Gasteiger partial charge in [-0.05, 0) is 30.7 Å². The van der Waals surface area contributed by atoms with Crippen LogP contribution < -0.4 is 14.9 Å². The van der Waals surface area contributed by atoms with Crippen LogP contribution in [0, 0.1) is 0 Å². The third-order valence-corrected chi connectivity index (χ3v) is 5.17. The highest BCUT2D eigenvalue weighted by atomic mass is 32.2. The van der Waals surface area contributed by atoms with Gasteiger partial charge in [-0.2, -0.15) is 0 Å². The number of carbonyl (C=O) groups is 3. The lowest BCUT2D eigenvalue weighted by Crippen LogP contribution is -2.39. The second-order valence-electron chi connectivity index (χ2n) is 4.99. The van der Waals surface area contributed by atoms with Crippen LogP contribution in [0.2, 0.25) is 0 Å². The largest absolute Gasteiger partial charge is 0.452 e. The Labute approximate surface area is 139 Å². The Morgan fingerprint density at radius 3 is 2.42 bits per heavy atom. The van der Waals surface area contributed by atoms with Crippen LogP contribution >= 0.6 is 0 Å². The van der Waals surface area contributed by atoms with Gasteiger partial charge in [0.1, 0.15) is 0 Å². The fourth-order valence-corrected chi connectivity index (χ4v) is 3.70. The minimum absolute atomic E-state index is 0.108. The zero-order chi connectivity index (χ0) is 17.7. The predicted octanol–water partition coefficient (Wildman–Crippen LogP) is -0.161.